The van der Waals surface area contributed by atoms with E-state index in [2.05, 4.69) is 24.8 Å². The lowest BCUT2D eigenvalue weighted by molar-refractivity contribution is -0.124. The number of hydrogen-bond acceptors (Lipinski definition) is 3. The van der Waals surface area contributed by atoms with Crippen LogP contribution in [-0.2, 0) is 4.79 Å². The van der Waals surface area contributed by atoms with Crippen LogP contribution in [0.3, 0.4) is 0 Å². The first-order valence-electron chi connectivity index (χ1n) is 6.32. The predicted octanol–water partition coefficient (Wildman–Crippen LogP) is 2.51. The molecule has 1 atom stereocenters. The van der Waals surface area contributed by atoms with Crippen molar-refractivity contribution in [1.29, 1.82) is 5.26 Å². The van der Waals surface area contributed by atoms with Gasteiger partial charge in [-0.1, -0.05) is 12.8 Å². The zero-order valence-corrected chi connectivity index (χ0v) is 10.4. The first-order valence-corrected chi connectivity index (χ1v) is 6.32. The summed E-state index contributed by atoms with van der Waals surface area (Å²) in [6, 6.07) is 2.58. The molecule has 0 spiro atoms. The van der Waals surface area contributed by atoms with Gasteiger partial charge in [0.25, 0.3) is 0 Å². The normalized spacial score (nSPS) is 22.2. The van der Waals surface area contributed by atoms with E-state index in [4.69, 9.17) is 5.26 Å². The van der Waals surface area contributed by atoms with Gasteiger partial charge in [0, 0.05) is 25.4 Å². The topological polar surface area (TPSA) is 44.1 Å². The zero-order chi connectivity index (χ0) is 12.0. The molecule has 0 aromatic rings. The highest BCUT2D eigenvalue weighted by Gasteiger charge is 2.28. The van der Waals surface area contributed by atoms with Gasteiger partial charge in [-0.2, -0.15) is 5.26 Å². The number of nitriles is 1. The van der Waals surface area contributed by atoms with Gasteiger partial charge in [0.2, 0.25) is 0 Å². The second kappa shape index (κ2) is 6.65. The van der Waals surface area contributed by atoms with E-state index >= 15 is 0 Å². The average Bonchev–Trinajstić information content (AvgIpc) is 2.44. The summed E-state index contributed by atoms with van der Waals surface area (Å²) in [5, 5.41) is 8.66. The predicted molar refractivity (Wildman–Crippen MR) is 64.0 cm³/mol. The number of hydrogen-bond donors (Lipinski definition) is 0. The van der Waals surface area contributed by atoms with Gasteiger partial charge in [-0.15, -0.1) is 0 Å². The third-order valence-electron chi connectivity index (χ3n) is 3.32. The van der Waals surface area contributed by atoms with Gasteiger partial charge in [-0.3, -0.25) is 9.69 Å². The van der Waals surface area contributed by atoms with Crippen molar-refractivity contribution < 1.29 is 4.79 Å². The second-order valence-electron chi connectivity index (χ2n) is 4.82. The van der Waals surface area contributed by atoms with Crippen LogP contribution < -0.4 is 0 Å². The minimum absolute atomic E-state index is 0.0656. The first kappa shape index (κ1) is 13.2. The highest BCUT2D eigenvalue weighted by molar-refractivity contribution is 5.84. The molecule has 1 saturated carbocycles. The number of rotatable bonds is 4. The van der Waals surface area contributed by atoms with Crippen molar-refractivity contribution in [3.63, 3.8) is 0 Å². The van der Waals surface area contributed by atoms with Crippen molar-refractivity contribution in [2.45, 2.75) is 64.5 Å². The van der Waals surface area contributed by atoms with Crippen LogP contribution in [0.5, 0.6) is 0 Å². The molecule has 1 rings (SSSR count). The first-order chi connectivity index (χ1) is 7.66. The molecule has 0 saturated heterocycles. The number of nitrogens with zero attached hydrogens (tertiary/aromatic N) is 2. The molecule has 1 unspecified atom stereocenters. The minimum Gasteiger partial charge on any atom is -0.298 e. The minimum atomic E-state index is 0.0656. The molecule has 1 fully saturated rings. The van der Waals surface area contributed by atoms with Crippen molar-refractivity contribution in [3.05, 3.63) is 0 Å². The number of carbonyl (C=O) groups excluding carboxylic acids is 1. The summed E-state index contributed by atoms with van der Waals surface area (Å²) in [5.41, 5.74) is 0. The Labute approximate surface area is 98.4 Å². The van der Waals surface area contributed by atoms with E-state index in [1.165, 1.54) is 6.42 Å². The fraction of sp³-hybridized carbons (Fsp3) is 0.846. The monoisotopic (exact) mass is 222 g/mol. The molecule has 0 aromatic heterocycles. The SMILES string of the molecule is CC(C)N(CCC#N)C1CCCCCC1=O. The lowest BCUT2D eigenvalue weighted by Gasteiger charge is -2.32. The Morgan fingerprint density at radius 2 is 2.19 bits per heavy atom. The van der Waals surface area contributed by atoms with E-state index < -0.39 is 0 Å². The quantitative estimate of drug-likeness (QED) is 0.686. The third-order valence-corrected chi connectivity index (χ3v) is 3.32. The Morgan fingerprint density at radius 1 is 1.44 bits per heavy atom. The number of Topliss-reactive ketones (excluding diaryl/α,β-unsaturated/α-hetero) is 1. The third kappa shape index (κ3) is 3.61. The summed E-state index contributed by atoms with van der Waals surface area (Å²) >= 11 is 0. The molecule has 0 N–H and O–H groups in total. The van der Waals surface area contributed by atoms with Crippen LogP contribution in [-0.4, -0.2) is 29.3 Å². The molecule has 90 valence electrons. The molecular formula is C13H22N2O. The summed E-state index contributed by atoms with van der Waals surface area (Å²) in [6.45, 7) is 4.94. The van der Waals surface area contributed by atoms with E-state index in [1.807, 2.05) is 0 Å². The molecule has 1 aliphatic carbocycles. The molecule has 16 heavy (non-hydrogen) atoms. The summed E-state index contributed by atoms with van der Waals surface area (Å²) in [7, 11) is 0. The van der Waals surface area contributed by atoms with Crippen LogP contribution >= 0.6 is 0 Å². The van der Waals surface area contributed by atoms with Crippen molar-refractivity contribution >= 4 is 5.78 Å². The van der Waals surface area contributed by atoms with Crippen LogP contribution in [0.4, 0.5) is 0 Å². The Morgan fingerprint density at radius 3 is 2.81 bits per heavy atom. The summed E-state index contributed by atoms with van der Waals surface area (Å²) < 4.78 is 0. The standard InChI is InChI=1S/C13H22N2O/c1-11(2)15(10-6-9-14)12-7-4-3-5-8-13(12)16/h11-12H,3-8,10H2,1-2H3. The number of ketones is 1. The molecule has 0 bridgehead atoms. The summed E-state index contributed by atoms with van der Waals surface area (Å²) in [6.07, 6.45) is 5.57. The van der Waals surface area contributed by atoms with Gasteiger partial charge in [0.1, 0.15) is 5.78 Å². The van der Waals surface area contributed by atoms with Crippen LogP contribution in [0.1, 0.15) is 52.4 Å². The smallest absolute Gasteiger partial charge is 0.149 e. The maximum Gasteiger partial charge on any atom is 0.149 e. The fourth-order valence-corrected chi connectivity index (χ4v) is 2.45. The summed E-state index contributed by atoms with van der Waals surface area (Å²) in [5.74, 6) is 0.379. The number of carbonyl (C=O) groups is 1. The molecular weight excluding hydrogens is 200 g/mol. The highest BCUT2D eigenvalue weighted by atomic mass is 16.1. The van der Waals surface area contributed by atoms with Crippen molar-refractivity contribution in [1.82, 2.24) is 4.90 Å². The lowest BCUT2D eigenvalue weighted by Crippen LogP contribution is -2.45. The van der Waals surface area contributed by atoms with Gasteiger partial charge in [0.05, 0.1) is 12.1 Å². The van der Waals surface area contributed by atoms with Crippen LogP contribution in [0.15, 0.2) is 0 Å². The molecule has 1 aliphatic rings. The Hall–Kier alpha value is -0.880. The van der Waals surface area contributed by atoms with Crippen LogP contribution in [0.2, 0.25) is 0 Å². The highest BCUT2D eigenvalue weighted by Crippen LogP contribution is 2.21. The Bertz CT molecular complexity index is 268. The van der Waals surface area contributed by atoms with Crippen LogP contribution in [0, 0.1) is 11.3 Å². The average molecular weight is 222 g/mol. The maximum absolute atomic E-state index is 12.0. The Kier molecular flexibility index (Phi) is 5.48. The maximum atomic E-state index is 12.0. The molecule has 0 aromatic carbocycles. The molecule has 3 heteroatoms. The largest absolute Gasteiger partial charge is 0.298 e. The summed E-state index contributed by atoms with van der Waals surface area (Å²) in [4.78, 5) is 14.2. The van der Waals surface area contributed by atoms with Crippen molar-refractivity contribution in [2.24, 2.45) is 0 Å². The van der Waals surface area contributed by atoms with E-state index in [-0.39, 0.29) is 6.04 Å². The van der Waals surface area contributed by atoms with Crippen molar-refractivity contribution in [3.8, 4) is 6.07 Å². The van der Waals surface area contributed by atoms with E-state index in [0.29, 0.717) is 18.2 Å². The molecule has 0 amide bonds. The van der Waals surface area contributed by atoms with Crippen LogP contribution in [0.25, 0.3) is 0 Å². The van der Waals surface area contributed by atoms with E-state index in [9.17, 15) is 4.79 Å². The van der Waals surface area contributed by atoms with Gasteiger partial charge in [-0.25, -0.2) is 0 Å². The molecule has 0 radical (unpaired) electrons. The van der Waals surface area contributed by atoms with Gasteiger partial charge < -0.3 is 0 Å². The van der Waals surface area contributed by atoms with Gasteiger partial charge >= 0.3 is 0 Å². The van der Waals surface area contributed by atoms with E-state index in [0.717, 1.165) is 32.2 Å². The fourth-order valence-electron chi connectivity index (χ4n) is 2.45. The van der Waals surface area contributed by atoms with E-state index in [1.54, 1.807) is 0 Å². The molecule has 0 heterocycles. The lowest BCUT2D eigenvalue weighted by atomic mass is 10.0. The molecule has 0 aliphatic heterocycles. The molecule has 3 nitrogen and oxygen atoms in total. The van der Waals surface area contributed by atoms with Gasteiger partial charge in [-0.05, 0) is 26.7 Å². The van der Waals surface area contributed by atoms with Crippen molar-refractivity contribution in [2.75, 3.05) is 6.54 Å². The Balaban J connectivity index is 2.67. The van der Waals surface area contributed by atoms with Gasteiger partial charge in [0.15, 0.2) is 0 Å². The second-order valence-corrected chi connectivity index (χ2v) is 4.82. The zero-order valence-electron chi connectivity index (χ0n) is 10.4.